The zero-order valence-electron chi connectivity index (χ0n) is 18.5. The summed E-state index contributed by atoms with van der Waals surface area (Å²) < 4.78 is 12.8. The molecule has 0 bridgehead atoms. The maximum absolute atomic E-state index is 12.5. The van der Waals surface area contributed by atoms with Gasteiger partial charge in [0.25, 0.3) is 0 Å². The molecule has 1 aliphatic carbocycles. The molecule has 1 saturated carbocycles. The van der Waals surface area contributed by atoms with Gasteiger partial charge in [-0.3, -0.25) is 4.90 Å². The maximum Gasteiger partial charge on any atom is 0.347 e. The first-order chi connectivity index (χ1) is 15.7. The van der Waals surface area contributed by atoms with Crippen molar-refractivity contribution in [3.05, 3.63) is 64.8 Å². The normalized spacial score (nSPS) is 18.8. The molecule has 7 nitrogen and oxygen atoms in total. The van der Waals surface area contributed by atoms with Gasteiger partial charge in [-0.1, -0.05) is 24.3 Å². The van der Waals surface area contributed by atoms with E-state index in [-0.39, 0.29) is 5.69 Å². The maximum atomic E-state index is 12.5. The number of hydrogen-bond donors (Lipinski definition) is 1. The number of aromatic amines is 1. The second kappa shape index (κ2) is 9.30. The number of likely N-dealkylation sites (tertiary alicyclic amines) is 1. The van der Waals surface area contributed by atoms with Crippen molar-refractivity contribution < 1.29 is 9.47 Å². The van der Waals surface area contributed by atoms with Crippen LogP contribution in [0.3, 0.4) is 0 Å². The van der Waals surface area contributed by atoms with Gasteiger partial charge in [-0.2, -0.15) is 5.10 Å². The van der Waals surface area contributed by atoms with Crippen molar-refractivity contribution in [2.45, 2.75) is 25.7 Å². The van der Waals surface area contributed by atoms with E-state index < -0.39 is 0 Å². The van der Waals surface area contributed by atoms with Gasteiger partial charge in [0.2, 0.25) is 0 Å². The largest absolute Gasteiger partial charge is 0.497 e. The van der Waals surface area contributed by atoms with Crippen LogP contribution in [0, 0.1) is 11.8 Å². The lowest BCUT2D eigenvalue weighted by molar-refractivity contribution is 0.0339. The van der Waals surface area contributed by atoms with Gasteiger partial charge in [0.05, 0.1) is 26.1 Å². The highest BCUT2D eigenvalue weighted by Crippen LogP contribution is 2.29. The zero-order valence-corrected chi connectivity index (χ0v) is 18.5. The summed E-state index contributed by atoms with van der Waals surface area (Å²) in [7, 11) is 1.66. The molecule has 0 spiro atoms. The van der Waals surface area contributed by atoms with Gasteiger partial charge in [-0.15, -0.1) is 0 Å². The summed E-state index contributed by atoms with van der Waals surface area (Å²) in [5.74, 6) is 2.90. The van der Waals surface area contributed by atoms with E-state index in [2.05, 4.69) is 15.1 Å². The lowest BCUT2D eigenvalue weighted by Gasteiger charge is -2.16. The van der Waals surface area contributed by atoms with Gasteiger partial charge in [-0.05, 0) is 66.5 Å². The van der Waals surface area contributed by atoms with Crippen LogP contribution in [-0.2, 0) is 11.2 Å². The highest BCUT2D eigenvalue weighted by molar-refractivity contribution is 5.65. The summed E-state index contributed by atoms with van der Waals surface area (Å²) in [5.41, 5.74) is 2.83. The molecule has 1 atom stereocenters. The number of H-pyrrole nitrogens is 1. The van der Waals surface area contributed by atoms with Crippen LogP contribution >= 0.6 is 0 Å². The van der Waals surface area contributed by atoms with Gasteiger partial charge in [0.1, 0.15) is 11.6 Å². The molecule has 1 aromatic heterocycles. The number of rotatable bonds is 9. The van der Waals surface area contributed by atoms with Gasteiger partial charge in [-0.25, -0.2) is 14.5 Å². The van der Waals surface area contributed by atoms with Gasteiger partial charge in [0.15, 0.2) is 0 Å². The third-order valence-corrected chi connectivity index (χ3v) is 6.46. The Labute approximate surface area is 188 Å². The van der Waals surface area contributed by atoms with E-state index in [0.29, 0.717) is 12.6 Å². The number of benzene rings is 2. The highest BCUT2D eigenvalue weighted by Gasteiger charge is 2.26. The quantitative estimate of drug-likeness (QED) is 0.558. The smallest absolute Gasteiger partial charge is 0.347 e. The van der Waals surface area contributed by atoms with Crippen LogP contribution in [0.1, 0.15) is 25.1 Å². The standard InChI is InChI=1S/C25H30N4O3/c1-31-23-10-6-21(7-11-23)20-4-8-22(9-5-20)29-24(26-27-25(29)30)14-19-12-13-28(15-19)17-32-16-18-2-3-18/h4-11,18-19H,2-3,12-17H2,1H3,(H,27,30)/t19-/m0/s1. The number of aromatic nitrogens is 3. The van der Waals surface area contributed by atoms with Crippen LogP contribution in [0.15, 0.2) is 53.3 Å². The first-order valence-corrected chi connectivity index (χ1v) is 11.4. The molecule has 5 rings (SSSR count). The van der Waals surface area contributed by atoms with Gasteiger partial charge < -0.3 is 9.47 Å². The van der Waals surface area contributed by atoms with Crippen molar-refractivity contribution in [1.29, 1.82) is 0 Å². The first kappa shape index (κ1) is 21.0. The second-order valence-corrected chi connectivity index (χ2v) is 8.93. The first-order valence-electron chi connectivity index (χ1n) is 11.4. The fraction of sp³-hybridized carbons (Fsp3) is 0.440. The molecule has 32 heavy (non-hydrogen) atoms. The van der Waals surface area contributed by atoms with Gasteiger partial charge >= 0.3 is 5.69 Å². The van der Waals surface area contributed by atoms with E-state index in [1.165, 1.54) is 12.8 Å². The Hall–Kier alpha value is -2.90. The molecule has 2 heterocycles. The fourth-order valence-electron chi connectivity index (χ4n) is 4.41. The van der Waals surface area contributed by atoms with E-state index in [1.54, 1.807) is 11.7 Å². The third-order valence-electron chi connectivity index (χ3n) is 6.46. The monoisotopic (exact) mass is 434 g/mol. The summed E-state index contributed by atoms with van der Waals surface area (Å²) in [5, 5.41) is 6.97. The molecular formula is C25H30N4O3. The van der Waals surface area contributed by atoms with E-state index in [1.807, 2.05) is 48.5 Å². The molecule has 168 valence electrons. The summed E-state index contributed by atoms with van der Waals surface area (Å²) in [6.45, 7) is 3.64. The Kier molecular flexibility index (Phi) is 6.10. The molecule has 0 radical (unpaired) electrons. The van der Waals surface area contributed by atoms with Crippen LogP contribution in [0.5, 0.6) is 5.75 Å². The molecule has 2 fully saturated rings. The Bertz CT molecular complexity index is 1080. The number of methoxy groups -OCH3 is 1. The molecular weight excluding hydrogens is 404 g/mol. The van der Waals surface area contributed by atoms with Crippen molar-refractivity contribution in [3.8, 4) is 22.6 Å². The average molecular weight is 435 g/mol. The Morgan fingerprint density at radius 1 is 1.00 bits per heavy atom. The van der Waals surface area contributed by atoms with Crippen molar-refractivity contribution in [2.75, 3.05) is 33.5 Å². The molecule has 2 aliphatic rings. The molecule has 3 aromatic rings. The lowest BCUT2D eigenvalue weighted by Crippen LogP contribution is -2.25. The number of ether oxygens (including phenoxy) is 2. The molecule has 1 N–H and O–H groups in total. The van der Waals surface area contributed by atoms with Crippen LogP contribution in [0.4, 0.5) is 0 Å². The molecule has 0 unspecified atom stereocenters. The number of nitrogens with zero attached hydrogens (tertiary/aromatic N) is 3. The third kappa shape index (κ3) is 4.79. The zero-order chi connectivity index (χ0) is 21.9. The predicted molar refractivity (Wildman–Crippen MR) is 123 cm³/mol. The topological polar surface area (TPSA) is 72.4 Å². The minimum absolute atomic E-state index is 0.195. The van der Waals surface area contributed by atoms with Crippen LogP contribution < -0.4 is 10.4 Å². The summed E-state index contributed by atoms with van der Waals surface area (Å²) >= 11 is 0. The van der Waals surface area contributed by atoms with E-state index in [4.69, 9.17) is 9.47 Å². The van der Waals surface area contributed by atoms with Crippen molar-refractivity contribution in [2.24, 2.45) is 11.8 Å². The number of nitrogens with one attached hydrogen (secondary N) is 1. The van der Waals surface area contributed by atoms with Crippen molar-refractivity contribution >= 4 is 0 Å². The Morgan fingerprint density at radius 2 is 1.72 bits per heavy atom. The van der Waals surface area contributed by atoms with E-state index in [9.17, 15) is 4.79 Å². The minimum atomic E-state index is -0.195. The minimum Gasteiger partial charge on any atom is -0.497 e. The number of hydrogen-bond acceptors (Lipinski definition) is 5. The Balaban J connectivity index is 1.25. The molecule has 1 aliphatic heterocycles. The lowest BCUT2D eigenvalue weighted by atomic mass is 10.0. The van der Waals surface area contributed by atoms with Gasteiger partial charge in [0, 0.05) is 19.5 Å². The SMILES string of the molecule is COc1ccc(-c2ccc(-n3c(C[C@@H]4CCN(COCC5CC5)C4)n[nH]c3=O)cc2)cc1. The fourth-order valence-corrected chi connectivity index (χ4v) is 4.41. The van der Waals surface area contributed by atoms with E-state index >= 15 is 0 Å². The summed E-state index contributed by atoms with van der Waals surface area (Å²) in [4.78, 5) is 14.9. The molecule has 2 aromatic carbocycles. The van der Waals surface area contributed by atoms with Crippen molar-refractivity contribution in [1.82, 2.24) is 19.7 Å². The molecule has 0 amide bonds. The average Bonchev–Trinajstić information content (AvgIpc) is 3.43. The van der Waals surface area contributed by atoms with Crippen LogP contribution in [0.2, 0.25) is 0 Å². The second-order valence-electron chi connectivity index (χ2n) is 8.93. The van der Waals surface area contributed by atoms with Crippen molar-refractivity contribution in [3.63, 3.8) is 0 Å². The summed E-state index contributed by atoms with van der Waals surface area (Å²) in [6, 6.07) is 16.0. The predicted octanol–water partition coefficient (Wildman–Crippen LogP) is 3.48. The molecule has 1 saturated heterocycles. The molecule has 7 heteroatoms. The van der Waals surface area contributed by atoms with Crippen LogP contribution in [0.25, 0.3) is 16.8 Å². The highest BCUT2D eigenvalue weighted by atomic mass is 16.5. The summed E-state index contributed by atoms with van der Waals surface area (Å²) in [6.07, 6.45) is 4.52. The Morgan fingerprint density at radius 3 is 2.41 bits per heavy atom. The van der Waals surface area contributed by atoms with E-state index in [0.717, 1.165) is 66.8 Å². The van der Waals surface area contributed by atoms with Crippen LogP contribution in [-0.4, -0.2) is 53.2 Å².